The van der Waals surface area contributed by atoms with Gasteiger partial charge in [0.15, 0.2) is 0 Å². The van der Waals surface area contributed by atoms with Gasteiger partial charge in [-0.25, -0.2) is 4.57 Å². The highest BCUT2D eigenvalue weighted by Crippen LogP contribution is 2.46. The first-order chi connectivity index (χ1) is 8.07. The zero-order chi connectivity index (χ0) is 12.7. The van der Waals surface area contributed by atoms with E-state index in [1.807, 2.05) is 44.2 Å². The molecule has 0 saturated carbocycles. The second-order valence-electron chi connectivity index (χ2n) is 3.77. The van der Waals surface area contributed by atoms with E-state index >= 15 is 0 Å². The van der Waals surface area contributed by atoms with Crippen LogP contribution in [0.25, 0.3) is 0 Å². The van der Waals surface area contributed by atoms with Crippen LogP contribution < -0.4 is 0 Å². The van der Waals surface area contributed by atoms with Gasteiger partial charge < -0.3 is 4.89 Å². The Kier molecular flexibility index (Phi) is 5.86. The molecule has 1 aromatic rings. The van der Waals surface area contributed by atoms with Crippen molar-refractivity contribution >= 4 is 7.82 Å². The Hall–Kier alpha value is -0.670. The zero-order valence-electron chi connectivity index (χ0n) is 10.2. The Balaban J connectivity index is 2.47. The molecule has 0 radical (unpaired) electrons. The quantitative estimate of drug-likeness (QED) is 0.760. The van der Waals surface area contributed by atoms with Gasteiger partial charge in [0, 0.05) is 0 Å². The van der Waals surface area contributed by atoms with Crippen molar-refractivity contribution < 1.29 is 18.5 Å². The minimum atomic E-state index is -3.95. The molecule has 17 heavy (non-hydrogen) atoms. The fraction of sp³-hybridized carbons (Fsp3) is 0.500. The van der Waals surface area contributed by atoms with Crippen molar-refractivity contribution in [3.05, 3.63) is 35.9 Å². The van der Waals surface area contributed by atoms with Crippen molar-refractivity contribution in [3.63, 3.8) is 0 Å². The van der Waals surface area contributed by atoms with Crippen molar-refractivity contribution in [3.8, 4) is 0 Å². The fourth-order valence-electron chi connectivity index (χ4n) is 1.39. The number of phosphoric ester groups is 1. The minimum Gasteiger partial charge on any atom is -0.302 e. The standard InChI is InChI=1S/C12H19O4P/c1-3-12(4-2)16-17(13,14)15-10-11-8-6-5-7-9-11/h5-9,12H,3-4,10H2,1-2H3,(H,13,14). The molecule has 96 valence electrons. The molecule has 1 rings (SSSR count). The maximum absolute atomic E-state index is 11.6. The Morgan fingerprint density at radius 2 is 1.82 bits per heavy atom. The summed E-state index contributed by atoms with van der Waals surface area (Å²) >= 11 is 0. The molecule has 0 aliphatic heterocycles. The highest BCUT2D eigenvalue weighted by Gasteiger charge is 2.24. The molecule has 0 aliphatic rings. The number of benzene rings is 1. The molecule has 0 aliphatic carbocycles. The van der Waals surface area contributed by atoms with E-state index in [-0.39, 0.29) is 12.7 Å². The molecular formula is C12H19O4P. The fourth-order valence-corrected chi connectivity index (χ4v) is 2.43. The third-order valence-electron chi connectivity index (χ3n) is 2.43. The first-order valence-corrected chi connectivity index (χ1v) is 7.26. The molecule has 4 nitrogen and oxygen atoms in total. The maximum Gasteiger partial charge on any atom is 0.472 e. The average molecular weight is 258 g/mol. The summed E-state index contributed by atoms with van der Waals surface area (Å²) in [6.07, 6.45) is 1.15. The van der Waals surface area contributed by atoms with Crippen LogP contribution in [-0.2, 0) is 20.2 Å². The molecule has 0 bridgehead atoms. The van der Waals surface area contributed by atoms with E-state index < -0.39 is 7.82 Å². The van der Waals surface area contributed by atoms with Gasteiger partial charge in [0.2, 0.25) is 0 Å². The number of hydrogen-bond donors (Lipinski definition) is 1. The first-order valence-electron chi connectivity index (χ1n) is 5.77. The third kappa shape index (κ3) is 5.46. The Morgan fingerprint density at radius 3 is 2.35 bits per heavy atom. The summed E-state index contributed by atoms with van der Waals surface area (Å²) in [5.41, 5.74) is 0.843. The van der Waals surface area contributed by atoms with Gasteiger partial charge in [-0.1, -0.05) is 44.2 Å². The summed E-state index contributed by atoms with van der Waals surface area (Å²) in [6, 6.07) is 9.24. The van der Waals surface area contributed by atoms with Gasteiger partial charge in [0.1, 0.15) is 0 Å². The second-order valence-corrected chi connectivity index (χ2v) is 5.18. The zero-order valence-corrected chi connectivity index (χ0v) is 11.1. The highest BCUT2D eigenvalue weighted by molar-refractivity contribution is 7.47. The molecule has 0 heterocycles. The Labute approximate surface area is 102 Å². The number of hydrogen-bond acceptors (Lipinski definition) is 3. The van der Waals surface area contributed by atoms with Crippen LogP contribution in [0.15, 0.2) is 30.3 Å². The lowest BCUT2D eigenvalue weighted by Crippen LogP contribution is -2.09. The molecular weight excluding hydrogens is 239 g/mol. The van der Waals surface area contributed by atoms with Crippen LogP contribution in [-0.4, -0.2) is 11.0 Å². The lowest BCUT2D eigenvalue weighted by Gasteiger charge is -2.18. The molecule has 0 spiro atoms. The average Bonchev–Trinajstić information content (AvgIpc) is 2.35. The summed E-state index contributed by atoms with van der Waals surface area (Å²) in [5.74, 6) is 0. The van der Waals surface area contributed by atoms with Gasteiger partial charge in [-0.2, -0.15) is 0 Å². The lowest BCUT2D eigenvalue weighted by molar-refractivity contribution is 0.0954. The maximum atomic E-state index is 11.6. The molecule has 1 atom stereocenters. The van der Waals surface area contributed by atoms with Gasteiger partial charge in [-0.15, -0.1) is 0 Å². The van der Waals surface area contributed by atoms with Gasteiger partial charge in [-0.05, 0) is 18.4 Å². The summed E-state index contributed by atoms with van der Waals surface area (Å²) in [7, 11) is -3.95. The Bertz CT molecular complexity index is 362. The van der Waals surface area contributed by atoms with Crippen molar-refractivity contribution in [2.45, 2.75) is 39.4 Å². The van der Waals surface area contributed by atoms with Crippen molar-refractivity contribution in [2.75, 3.05) is 0 Å². The van der Waals surface area contributed by atoms with E-state index in [1.54, 1.807) is 0 Å². The van der Waals surface area contributed by atoms with E-state index in [4.69, 9.17) is 9.05 Å². The largest absolute Gasteiger partial charge is 0.472 e. The van der Waals surface area contributed by atoms with E-state index in [0.29, 0.717) is 12.8 Å². The predicted molar refractivity (Wildman–Crippen MR) is 66.5 cm³/mol. The summed E-state index contributed by atoms with van der Waals surface area (Å²) < 4.78 is 21.6. The Morgan fingerprint density at radius 1 is 1.24 bits per heavy atom. The van der Waals surface area contributed by atoms with Crippen LogP contribution in [0.5, 0.6) is 0 Å². The highest BCUT2D eigenvalue weighted by atomic mass is 31.2. The van der Waals surface area contributed by atoms with Crippen LogP contribution in [0.4, 0.5) is 0 Å². The van der Waals surface area contributed by atoms with Gasteiger partial charge in [0.25, 0.3) is 0 Å². The van der Waals surface area contributed by atoms with Crippen LogP contribution in [0.3, 0.4) is 0 Å². The van der Waals surface area contributed by atoms with Crippen molar-refractivity contribution in [2.24, 2.45) is 0 Å². The number of phosphoric acid groups is 1. The van der Waals surface area contributed by atoms with E-state index in [2.05, 4.69) is 0 Å². The monoisotopic (exact) mass is 258 g/mol. The third-order valence-corrected chi connectivity index (χ3v) is 3.45. The molecule has 0 saturated heterocycles. The van der Waals surface area contributed by atoms with Gasteiger partial charge in [0.05, 0.1) is 12.7 Å². The van der Waals surface area contributed by atoms with E-state index in [1.165, 1.54) is 0 Å². The van der Waals surface area contributed by atoms with Crippen LogP contribution in [0.1, 0.15) is 32.3 Å². The van der Waals surface area contributed by atoms with Crippen molar-refractivity contribution in [1.29, 1.82) is 0 Å². The SMILES string of the molecule is CCC(CC)OP(=O)(O)OCc1ccccc1. The first kappa shape index (κ1) is 14.4. The lowest BCUT2D eigenvalue weighted by atomic mass is 10.2. The molecule has 0 aromatic heterocycles. The molecule has 5 heteroatoms. The van der Waals surface area contributed by atoms with Crippen LogP contribution >= 0.6 is 7.82 Å². The summed E-state index contributed by atoms with van der Waals surface area (Å²) in [6.45, 7) is 3.89. The van der Waals surface area contributed by atoms with Gasteiger partial charge in [-0.3, -0.25) is 9.05 Å². The van der Waals surface area contributed by atoms with Crippen molar-refractivity contribution in [1.82, 2.24) is 0 Å². The summed E-state index contributed by atoms with van der Waals surface area (Å²) in [4.78, 5) is 9.52. The smallest absolute Gasteiger partial charge is 0.302 e. The normalized spacial score (nSPS) is 14.8. The second kappa shape index (κ2) is 6.92. The molecule has 0 amide bonds. The van der Waals surface area contributed by atoms with E-state index in [0.717, 1.165) is 5.56 Å². The molecule has 1 unspecified atom stereocenters. The molecule has 0 fully saturated rings. The van der Waals surface area contributed by atoms with Crippen LogP contribution in [0, 0.1) is 0 Å². The predicted octanol–water partition coefficient (Wildman–Crippen LogP) is 3.51. The number of rotatable bonds is 7. The molecule has 1 aromatic carbocycles. The van der Waals surface area contributed by atoms with E-state index in [9.17, 15) is 9.46 Å². The minimum absolute atomic E-state index is 0.0781. The molecule has 1 N–H and O–H groups in total. The van der Waals surface area contributed by atoms with Crippen LogP contribution in [0.2, 0.25) is 0 Å². The van der Waals surface area contributed by atoms with Gasteiger partial charge >= 0.3 is 7.82 Å². The summed E-state index contributed by atoms with van der Waals surface area (Å²) in [5, 5.41) is 0. The topological polar surface area (TPSA) is 55.8 Å².